The van der Waals surface area contributed by atoms with Gasteiger partial charge >= 0.3 is 0 Å². The monoisotopic (exact) mass is 478 g/mol. The third-order valence-electron chi connectivity index (χ3n) is 4.67. The van der Waals surface area contributed by atoms with Crippen molar-refractivity contribution in [2.24, 2.45) is 0 Å². The minimum atomic E-state index is -0.461. The van der Waals surface area contributed by atoms with Crippen molar-refractivity contribution in [3.8, 4) is 11.5 Å². The van der Waals surface area contributed by atoms with E-state index in [1.54, 1.807) is 18.2 Å². The number of nitro groups is 1. The summed E-state index contributed by atoms with van der Waals surface area (Å²) in [4.78, 5) is 25.3. The van der Waals surface area contributed by atoms with E-state index in [1.165, 1.54) is 28.8 Å². The lowest BCUT2D eigenvalue weighted by molar-refractivity contribution is -0.384. The fraction of sp³-hybridized carbons (Fsp3) is 0.0833. The van der Waals surface area contributed by atoms with Crippen LogP contribution in [0.4, 0.5) is 11.4 Å². The highest BCUT2D eigenvalue weighted by Crippen LogP contribution is 2.37. The van der Waals surface area contributed by atoms with Crippen LogP contribution in [0.25, 0.3) is 6.08 Å². The lowest BCUT2D eigenvalue weighted by Gasteiger charge is -2.14. The zero-order valence-electron chi connectivity index (χ0n) is 17.2. The molecule has 1 heterocycles. The first-order valence-corrected chi connectivity index (χ1v) is 11.2. The van der Waals surface area contributed by atoms with Gasteiger partial charge in [-0.2, -0.15) is 0 Å². The molecule has 3 aromatic carbocycles. The molecule has 1 aliphatic rings. The summed E-state index contributed by atoms with van der Waals surface area (Å²) in [5, 5.41) is 10.7. The molecule has 9 heteroatoms. The highest BCUT2D eigenvalue weighted by molar-refractivity contribution is 8.27. The predicted octanol–water partition coefficient (Wildman–Crippen LogP) is 5.46. The van der Waals surface area contributed by atoms with Gasteiger partial charge in [-0.1, -0.05) is 60.4 Å². The van der Waals surface area contributed by atoms with Crippen molar-refractivity contribution in [2.75, 3.05) is 18.1 Å². The Morgan fingerprint density at radius 2 is 1.61 bits per heavy atom. The molecule has 0 radical (unpaired) electrons. The molecule has 1 fully saturated rings. The maximum atomic E-state index is 13.0. The second kappa shape index (κ2) is 10.3. The Morgan fingerprint density at radius 3 is 2.33 bits per heavy atom. The van der Waals surface area contributed by atoms with Gasteiger partial charge in [0.05, 0.1) is 15.5 Å². The maximum absolute atomic E-state index is 13.0. The number of rotatable bonds is 8. The Hall–Kier alpha value is -3.69. The largest absolute Gasteiger partial charge is 0.490 e. The van der Waals surface area contributed by atoms with Gasteiger partial charge in [-0.25, -0.2) is 0 Å². The summed E-state index contributed by atoms with van der Waals surface area (Å²) in [6, 6.07) is 22.5. The SMILES string of the molecule is O=C1C(=Cc2ccccc2OCCOc2ccc([N+](=O)[O-])cc2)SC(=S)N1c1ccccc1. The number of nitro benzene ring substituents is 1. The molecule has 0 aromatic heterocycles. The summed E-state index contributed by atoms with van der Waals surface area (Å²) in [5.41, 5.74) is 1.49. The van der Waals surface area contributed by atoms with Crippen LogP contribution < -0.4 is 14.4 Å². The minimum Gasteiger partial charge on any atom is -0.490 e. The molecule has 7 nitrogen and oxygen atoms in total. The van der Waals surface area contributed by atoms with Crippen molar-refractivity contribution in [3.63, 3.8) is 0 Å². The van der Waals surface area contributed by atoms with Crippen molar-refractivity contribution >= 4 is 51.7 Å². The van der Waals surface area contributed by atoms with Crippen LogP contribution in [0.2, 0.25) is 0 Å². The highest BCUT2D eigenvalue weighted by atomic mass is 32.2. The smallest absolute Gasteiger partial charge is 0.270 e. The molecule has 0 spiro atoms. The molecule has 1 aliphatic heterocycles. The Labute approximate surface area is 199 Å². The van der Waals surface area contributed by atoms with Crippen LogP contribution in [-0.2, 0) is 4.79 Å². The fourth-order valence-electron chi connectivity index (χ4n) is 3.12. The molecule has 33 heavy (non-hydrogen) atoms. The molecule has 3 aromatic rings. The van der Waals surface area contributed by atoms with Crippen LogP contribution in [-0.4, -0.2) is 28.4 Å². The van der Waals surface area contributed by atoms with Gasteiger partial charge in [-0.05, 0) is 36.4 Å². The molecule has 0 saturated carbocycles. The molecular formula is C24H18N2O5S2. The average molecular weight is 479 g/mol. The number of ether oxygens (including phenoxy) is 2. The van der Waals surface area contributed by atoms with Crippen LogP contribution >= 0.6 is 24.0 Å². The standard InChI is InChI=1S/C24H18N2O5S2/c27-23-22(33-24(32)25(23)18-7-2-1-3-8-18)16-17-6-4-5-9-21(17)31-15-14-30-20-12-10-19(11-13-20)26(28)29/h1-13,16H,14-15H2. The van der Waals surface area contributed by atoms with Gasteiger partial charge in [0.25, 0.3) is 11.6 Å². The highest BCUT2D eigenvalue weighted by Gasteiger charge is 2.33. The number of para-hydroxylation sites is 2. The number of hydrogen-bond acceptors (Lipinski definition) is 7. The Balaban J connectivity index is 1.40. The van der Waals surface area contributed by atoms with Gasteiger partial charge in [-0.3, -0.25) is 19.8 Å². The molecule has 0 atom stereocenters. The number of nitrogens with zero attached hydrogens (tertiary/aromatic N) is 2. The van der Waals surface area contributed by atoms with Gasteiger partial charge in [0.1, 0.15) is 24.7 Å². The summed E-state index contributed by atoms with van der Waals surface area (Å²) in [6.45, 7) is 0.509. The van der Waals surface area contributed by atoms with Crippen molar-refractivity contribution in [1.82, 2.24) is 0 Å². The van der Waals surface area contributed by atoms with E-state index in [-0.39, 0.29) is 24.8 Å². The Bertz CT molecular complexity index is 1210. The molecule has 4 rings (SSSR count). The third kappa shape index (κ3) is 5.39. The molecule has 0 unspecified atom stereocenters. The first kappa shape index (κ1) is 22.5. The molecule has 0 bridgehead atoms. The molecule has 0 aliphatic carbocycles. The number of hydrogen-bond donors (Lipinski definition) is 0. The average Bonchev–Trinajstić information content (AvgIpc) is 3.11. The van der Waals surface area contributed by atoms with Gasteiger partial charge in [0, 0.05) is 17.7 Å². The number of benzene rings is 3. The van der Waals surface area contributed by atoms with Gasteiger partial charge < -0.3 is 9.47 Å². The molecule has 0 N–H and O–H groups in total. The lowest BCUT2D eigenvalue weighted by Crippen LogP contribution is -2.27. The number of carbonyl (C=O) groups is 1. The number of thiocarbonyl (C=S) groups is 1. The van der Waals surface area contributed by atoms with E-state index in [0.29, 0.717) is 20.7 Å². The number of anilines is 1. The minimum absolute atomic E-state index is 0.00482. The maximum Gasteiger partial charge on any atom is 0.270 e. The second-order valence-corrected chi connectivity index (χ2v) is 8.51. The number of thioether (sulfide) groups is 1. The summed E-state index contributed by atoms with van der Waals surface area (Å²) in [7, 11) is 0. The quantitative estimate of drug-likeness (QED) is 0.140. The lowest BCUT2D eigenvalue weighted by atomic mass is 10.2. The van der Waals surface area contributed by atoms with Gasteiger partial charge in [0.2, 0.25) is 0 Å². The van der Waals surface area contributed by atoms with E-state index in [0.717, 1.165) is 11.3 Å². The van der Waals surface area contributed by atoms with E-state index in [1.807, 2.05) is 54.6 Å². The molecule has 166 valence electrons. The normalized spacial score (nSPS) is 14.5. The Morgan fingerprint density at radius 1 is 0.939 bits per heavy atom. The Kier molecular flexibility index (Phi) is 7.01. The number of amides is 1. The summed E-state index contributed by atoms with van der Waals surface area (Å²) >= 11 is 6.67. The summed E-state index contributed by atoms with van der Waals surface area (Å²) in [5.74, 6) is 0.948. The van der Waals surface area contributed by atoms with Crippen LogP contribution in [0.15, 0.2) is 83.8 Å². The van der Waals surface area contributed by atoms with E-state index in [9.17, 15) is 14.9 Å². The molecular weight excluding hydrogens is 460 g/mol. The number of non-ortho nitro benzene ring substituents is 1. The first-order valence-electron chi connectivity index (χ1n) is 9.95. The van der Waals surface area contributed by atoms with E-state index < -0.39 is 4.92 Å². The first-order chi connectivity index (χ1) is 16.0. The zero-order valence-corrected chi connectivity index (χ0v) is 18.9. The molecule has 1 amide bonds. The second-order valence-electron chi connectivity index (χ2n) is 6.84. The fourth-order valence-corrected chi connectivity index (χ4v) is 4.40. The van der Waals surface area contributed by atoms with E-state index in [4.69, 9.17) is 21.7 Å². The van der Waals surface area contributed by atoms with Gasteiger partial charge in [-0.15, -0.1) is 0 Å². The van der Waals surface area contributed by atoms with Gasteiger partial charge in [0.15, 0.2) is 4.32 Å². The van der Waals surface area contributed by atoms with Crippen LogP contribution in [0.3, 0.4) is 0 Å². The van der Waals surface area contributed by atoms with Crippen molar-refractivity contribution in [2.45, 2.75) is 0 Å². The van der Waals surface area contributed by atoms with Crippen LogP contribution in [0.1, 0.15) is 5.56 Å². The number of carbonyl (C=O) groups excluding carboxylic acids is 1. The van der Waals surface area contributed by atoms with Crippen molar-refractivity contribution in [3.05, 3.63) is 99.4 Å². The zero-order chi connectivity index (χ0) is 23.2. The summed E-state index contributed by atoms with van der Waals surface area (Å²) in [6.07, 6.45) is 1.77. The van der Waals surface area contributed by atoms with E-state index in [2.05, 4.69) is 0 Å². The third-order valence-corrected chi connectivity index (χ3v) is 5.97. The predicted molar refractivity (Wildman–Crippen MR) is 133 cm³/mol. The van der Waals surface area contributed by atoms with Crippen LogP contribution in [0, 0.1) is 10.1 Å². The molecule has 1 saturated heterocycles. The van der Waals surface area contributed by atoms with E-state index >= 15 is 0 Å². The summed E-state index contributed by atoms with van der Waals surface area (Å²) < 4.78 is 11.9. The van der Waals surface area contributed by atoms with Crippen molar-refractivity contribution in [1.29, 1.82) is 0 Å². The topological polar surface area (TPSA) is 81.9 Å². The van der Waals surface area contributed by atoms with Crippen LogP contribution in [0.5, 0.6) is 11.5 Å². The van der Waals surface area contributed by atoms with Crippen molar-refractivity contribution < 1.29 is 19.2 Å².